The molecule has 0 aliphatic carbocycles. The summed E-state index contributed by atoms with van der Waals surface area (Å²) in [6.07, 6.45) is 6.35. The van der Waals surface area contributed by atoms with Gasteiger partial charge in [0, 0.05) is 31.1 Å². The van der Waals surface area contributed by atoms with Gasteiger partial charge in [0.25, 0.3) is 0 Å². The molecule has 3 heterocycles. The second-order valence-corrected chi connectivity index (χ2v) is 5.93. The first-order valence-corrected chi connectivity index (χ1v) is 7.32. The van der Waals surface area contributed by atoms with Gasteiger partial charge in [-0.3, -0.25) is 15.1 Å². The van der Waals surface area contributed by atoms with E-state index in [1.165, 1.54) is 25.1 Å². The highest BCUT2D eigenvalue weighted by atomic mass is 16.7. The van der Waals surface area contributed by atoms with E-state index >= 15 is 0 Å². The van der Waals surface area contributed by atoms with Crippen molar-refractivity contribution in [3.05, 3.63) is 11.8 Å². The van der Waals surface area contributed by atoms with E-state index in [4.69, 9.17) is 4.84 Å². The van der Waals surface area contributed by atoms with Gasteiger partial charge in [0.15, 0.2) is 0 Å². The molecule has 106 valence electrons. The average molecular weight is 265 g/mol. The van der Waals surface area contributed by atoms with Crippen LogP contribution < -0.4 is 5.48 Å². The Labute approximate surface area is 114 Å². The topological polar surface area (TPSA) is 44.8 Å². The van der Waals surface area contributed by atoms with Gasteiger partial charge in [0.2, 0.25) is 5.91 Å². The highest BCUT2D eigenvalue weighted by Crippen LogP contribution is 2.25. The molecule has 19 heavy (non-hydrogen) atoms. The molecule has 3 aliphatic rings. The summed E-state index contributed by atoms with van der Waals surface area (Å²) < 4.78 is 0. The quantitative estimate of drug-likeness (QED) is 0.817. The zero-order valence-electron chi connectivity index (χ0n) is 11.6. The number of amides is 1. The molecule has 2 fully saturated rings. The molecule has 0 bridgehead atoms. The van der Waals surface area contributed by atoms with Crippen LogP contribution in [-0.2, 0) is 9.63 Å². The Kier molecular flexibility index (Phi) is 3.75. The molecule has 3 aliphatic heterocycles. The van der Waals surface area contributed by atoms with Crippen LogP contribution in [-0.4, -0.2) is 55.0 Å². The minimum absolute atomic E-state index is 0.0179. The van der Waals surface area contributed by atoms with Crippen LogP contribution >= 0.6 is 0 Å². The van der Waals surface area contributed by atoms with Gasteiger partial charge in [-0.25, -0.2) is 0 Å². The first kappa shape index (κ1) is 12.9. The van der Waals surface area contributed by atoms with Gasteiger partial charge in [-0.15, -0.1) is 0 Å². The average Bonchev–Trinajstić information content (AvgIpc) is 3.00. The fourth-order valence-electron chi connectivity index (χ4n) is 3.26. The molecule has 3 rings (SSSR count). The zero-order valence-corrected chi connectivity index (χ0v) is 11.6. The third kappa shape index (κ3) is 2.92. The number of nitrogens with one attached hydrogen (secondary N) is 1. The third-order valence-electron chi connectivity index (χ3n) is 4.33. The maximum Gasteiger partial charge on any atom is 0.222 e. The van der Waals surface area contributed by atoms with Gasteiger partial charge in [-0.05, 0) is 38.9 Å². The van der Waals surface area contributed by atoms with Crippen molar-refractivity contribution in [1.82, 2.24) is 15.3 Å². The Hall–Kier alpha value is -1.07. The molecule has 1 amide bonds. The number of nitrogens with zero attached hydrogens (tertiary/aromatic N) is 2. The van der Waals surface area contributed by atoms with Crippen LogP contribution in [0.2, 0.25) is 0 Å². The maximum atomic E-state index is 11.6. The summed E-state index contributed by atoms with van der Waals surface area (Å²) in [5.41, 5.74) is 4.29. The Bertz CT molecular complexity index is 383. The molecular formula is C14H23N3O2. The largest absolute Gasteiger partial charge is 0.340 e. The van der Waals surface area contributed by atoms with Crippen molar-refractivity contribution in [2.75, 3.05) is 33.2 Å². The first-order chi connectivity index (χ1) is 9.22. The van der Waals surface area contributed by atoms with Crippen LogP contribution in [0.4, 0.5) is 0 Å². The maximum absolute atomic E-state index is 11.6. The predicted octanol–water partition coefficient (Wildman–Crippen LogP) is 0.738. The van der Waals surface area contributed by atoms with Crippen LogP contribution in [0.15, 0.2) is 11.8 Å². The molecule has 2 saturated heterocycles. The molecule has 0 radical (unpaired) electrons. The summed E-state index contributed by atoms with van der Waals surface area (Å²) in [5.74, 6) is 0.820. The lowest BCUT2D eigenvalue weighted by Gasteiger charge is -2.30. The molecule has 0 aromatic carbocycles. The second kappa shape index (κ2) is 5.51. The van der Waals surface area contributed by atoms with Gasteiger partial charge in [-0.1, -0.05) is 0 Å². The Balaban J connectivity index is 1.56. The molecule has 2 unspecified atom stereocenters. The second-order valence-electron chi connectivity index (χ2n) is 5.93. The highest BCUT2D eigenvalue weighted by Gasteiger charge is 2.29. The number of hydrogen-bond acceptors (Lipinski definition) is 4. The van der Waals surface area contributed by atoms with E-state index in [0.717, 1.165) is 19.5 Å². The van der Waals surface area contributed by atoms with Crippen LogP contribution in [0.25, 0.3) is 0 Å². The molecule has 0 aromatic heterocycles. The molecule has 5 heteroatoms. The summed E-state index contributed by atoms with van der Waals surface area (Å²) in [7, 11) is 2.17. The minimum atomic E-state index is 0.0179. The van der Waals surface area contributed by atoms with E-state index in [9.17, 15) is 4.79 Å². The monoisotopic (exact) mass is 265 g/mol. The van der Waals surface area contributed by atoms with Gasteiger partial charge < -0.3 is 9.80 Å². The summed E-state index contributed by atoms with van der Waals surface area (Å²) in [5, 5.41) is 0. The van der Waals surface area contributed by atoms with Crippen LogP contribution in [0.5, 0.6) is 0 Å². The van der Waals surface area contributed by atoms with Crippen molar-refractivity contribution < 1.29 is 9.63 Å². The third-order valence-corrected chi connectivity index (χ3v) is 4.33. The smallest absolute Gasteiger partial charge is 0.222 e. The fourth-order valence-corrected chi connectivity index (χ4v) is 3.26. The van der Waals surface area contributed by atoms with Crippen LogP contribution in [0.1, 0.15) is 25.7 Å². The summed E-state index contributed by atoms with van der Waals surface area (Å²) >= 11 is 0. The minimum Gasteiger partial charge on any atom is -0.340 e. The van der Waals surface area contributed by atoms with Crippen molar-refractivity contribution >= 4 is 5.91 Å². The Morgan fingerprint density at radius 3 is 3.05 bits per heavy atom. The normalized spacial score (nSPS) is 32.6. The number of rotatable bonds is 3. The van der Waals surface area contributed by atoms with Gasteiger partial charge >= 0.3 is 0 Å². The fraction of sp³-hybridized carbons (Fsp3) is 0.786. The van der Waals surface area contributed by atoms with Crippen molar-refractivity contribution in [3.63, 3.8) is 0 Å². The molecule has 2 atom stereocenters. The SMILES string of the molecule is CN1CCCC(C2=CC(CN3CCCC3=O)ON2)C1. The van der Waals surface area contributed by atoms with E-state index in [1.54, 1.807) is 0 Å². The number of carbonyl (C=O) groups excluding carboxylic acids is 1. The predicted molar refractivity (Wildman–Crippen MR) is 72.1 cm³/mol. The number of hydroxylamine groups is 1. The van der Waals surface area contributed by atoms with Crippen molar-refractivity contribution in [3.8, 4) is 0 Å². The Morgan fingerprint density at radius 1 is 1.42 bits per heavy atom. The van der Waals surface area contributed by atoms with Crippen LogP contribution in [0.3, 0.4) is 0 Å². The van der Waals surface area contributed by atoms with E-state index in [1.807, 2.05) is 4.90 Å². The molecule has 0 saturated carbocycles. The van der Waals surface area contributed by atoms with E-state index < -0.39 is 0 Å². The van der Waals surface area contributed by atoms with Crippen molar-refractivity contribution in [2.24, 2.45) is 5.92 Å². The molecule has 1 N–H and O–H groups in total. The summed E-state index contributed by atoms with van der Waals surface area (Å²) in [4.78, 5) is 21.5. The lowest BCUT2D eigenvalue weighted by molar-refractivity contribution is -0.129. The zero-order chi connectivity index (χ0) is 13.2. The molecule has 0 spiro atoms. The van der Waals surface area contributed by atoms with Gasteiger partial charge in [-0.2, -0.15) is 0 Å². The number of likely N-dealkylation sites (tertiary alicyclic amines) is 2. The number of piperidine rings is 1. The first-order valence-electron chi connectivity index (χ1n) is 7.32. The van der Waals surface area contributed by atoms with Crippen molar-refractivity contribution in [1.29, 1.82) is 0 Å². The van der Waals surface area contributed by atoms with E-state index in [0.29, 0.717) is 18.9 Å². The van der Waals surface area contributed by atoms with Gasteiger partial charge in [0.1, 0.15) is 6.10 Å². The van der Waals surface area contributed by atoms with Gasteiger partial charge in [0.05, 0.1) is 6.54 Å². The molecular weight excluding hydrogens is 242 g/mol. The molecule has 5 nitrogen and oxygen atoms in total. The van der Waals surface area contributed by atoms with E-state index in [-0.39, 0.29) is 12.0 Å². The van der Waals surface area contributed by atoms with Crippen LogP contribution in [0, 0.1) is 5.92 Å². The lowest BCUT2D eigenvalue weighted by atomic mass is 9.95. The lowest BCUT2D eigenvalue weighted by Crippen LogP contribution is -2.35. The summed E-state index contributed by atoms with van der Waals surface area (Å²) in [6, 6.07) is 0. The van der Waals surface area contributed by atoms with Crippen molar-refractivity contribution in [2.45, 2.75) is 31.8 Å². The number of carbonyl (C=O) groups is 1. The highest BCUT2D eigenvalue weighted by molar-refractivity contribution is 5.78. The number of hydrogen-bond donors (Lipinski definition) is 1. The standard InChI is InChI=1S/C14H23N3O2/c1-16-6-2-4-11(9-16)13-8-12(19-15-13)10-17-7-3-5-14(17)18/h8,11-12,15H,2-7,9-10H2,1H3. The summed E-state index contributed by atoms with van der Waals surface area (Å²) in [6.45, 7) is 3.86. The van der Waals surface area contributed by atoms with E-state index in [2.05, 4.69) is 23.5 Å². The molecule has 0 aromatic rings. The Morgan fingerprint density at radius 2 is 2.32 bits per heavy atom.